The van der Waals surface area contributed by atoms with E-state index in [0.29, 0.717) is 0 Å². The normalized spacial score (nSPS) is 7.50. The molecule has 4 heteroatoms. The van der Waals surface area contributed by atoms with Crippen molar-refractivity contribution in [3.8, 4) is 0 Å². The van der Waals surface area contributed by atoms with E-state index in [1.807, 2.05) is 0 Å². The summed E-state index contributed by atoms with van der Waals surface area (Å²) in [7, 11) is 1.93. The van der Waals surface area contributed by atoms with Crippen molar-refractivity contribution in [3.05, 3.63) is 0 Å². The van der Waals surface area contributed by atoms with E-state index in [0.717, 1.165) is 0 Å². The second-order valence-corrected chi connectivity index (χ2v) is 0.850. The Morgan fingerprint density at radius 3 is 1.75 bits per heavy atom. The summed E-state index contributed by atoms with van der Waals surface area (Å²) in [6, 6.07) is 0. The molecule has 1 atom stereocenters. The fourth-order valence-corrected chi connectivity index (χ4v) is 0. The summed E-state index contributed by atoms with van der Waals surface area (Å²) in [5, 5.41) is 0. The van der Waals surface area contributed by atoms with Crippen molar-refractivity contribution in [2.45, 2.75) is 0 Å². The Balaban J connectivity index is 0. The molecule has 0 aliphatic rings. The second kappa shape index (κ2) is 8.84. The van der Waals surface area contributed by atoms with Crippen LogP contribution in [-0.2, 0) is 0 Å². The molecule has 0 radical (unpaired) electrons. The van der Waals surface area contributed by atoms with Crippen LogP contribution in [0.25, 0.3) is 0 Å². The van der Waals surface area contributed by atoms with Crippen molar-refractivity contribution < 1.29 is 33.8 Å². The molecule has 4 heavy (non-hydrogen) atoms. The van der Waals surface area contributed by atoms with Crippen molar-refractivity contribution in [2.24, 2.45) is 0 Å². The predicted molar refractivity (Wildman–Crippen MR) is 17.7 cm³/mol. The van der Waals surface area contributed by atoms with E-state index in [1.165, 1.54) is 0 Å². The van der Waals surface area contributed by atoms with E-state index >= 15 is 0 Å². The minimum absolute atomic E-state index is 0. The molecule has 0 amide bonds. The van der Waals surface area contributed by atoms with Gasteiger partial charge in [0, 0.05) is 0 Å². The van der Waals surface area contributed by atoms with Gasteiger partial charge >= 0.3 is 29.6 Å². The van der Waals surface area contributed by atoms with Gasteiger partial charge in [0.15, 0.2) is 0 Å². The molecule has 0 N–H and O–H groups in total. The maximum absolute atomic E-state index is 10.2. The maximum atomic E-state index is 10.2. The van der Waals surface area contributed by atoms with Crippen LogP contribution in [0.5, 0.6) is 0 Å². The summed E-state index contributed by atoms with van der Waals surface area (Å²) >= 11 is 0. The van der Waals surface area contributed by atoms with Crippen LogP contribution in [0.15, 0.2) is 0 Å². The second-order valence-electron chi connectivity index (χ2n) is 0.0945. The zero-order valence-electron chi connectivity index (χ0n) is 2.38. The first-order valence-corrected chi connectivity index (χ1v) is 2.82. The average molecular weight is 106 g/mol. The van der Waals surface area contributed by atoms with Crippen LogP contribution < -0.4 is 29.6 Å². The number of hydrogen-bond donors (Lipinski definition) is 0. The number of hydrogen-bond acceptors (Lipinski definition) is 0. The quantitative estimate of drug-likeness (QED) is 0.263. The molecule has 0 bridgehead atoms. The van der Waals surface area contributed by atoms with Crippen LogP contribution in [0.4, 0.5) is 4.20 Å². The molecule has 20 valence electrons. The molecule has 0 aromatic rings. The Morgan fingerprint density at radius 2 is 1.75 bits per heavy atom. The third-order valence-corrected chi connectivity index (χ3v) is 0. The van der Waals surface area contributed by atoms with Crippen molar-refractivity contribution in [1.82, 2.24) is 0 Å². The third-order valence-electron chi connectivity index (χ3n) is 0. The minimum atomic E-state index is -0.611. The monoisotopic (exact) mass is 106 g/mol. The molecule has 0 fully saturated rings. The van der Waals surface area contributed by atoms with E-state index < -0.39 is 8.58 Å². The molecule has 0 spiro atoms. The number of halogens is 1. The first-order chi connectivity index (χ1) is 1.41. The van der Waals surface area contributed by atoms with Gasteiger partial charge in [-0.1, -0.05) is 0 Å². The smallest absolute Gasteiger partial charge is 0.494 e. The van der Waals surface area contributed by atoms with Gasteiger partial charge in [0.1, 0.15) is 0 Å². The first kappa shape index (κ1) is 9.25. The van der Waals surface area contributed by atoms with Gasteiger partial charge in [-0.3, -0.25) is 4.20 Å². The first-order valence-electron chi connectivity index (χ1n) is 0.439. The molecule has 0 saturated heterocycles. The van der Waals surface area contributed by atoms with E-state index in [4.69, 9.17) is 0 Å². The molecule has 0 aliphatic heterocycles. The Bertz CT molecular complexity index is 6.00. The van der Waals surface area contributed by atoms with E-state index in [1.54, 1.807) is 0 Å². The van der Waals surface area contributed by atoms with Crippen LogP contribution in [-0.4, -0.2) is 0 Å². The van der Waals surface area contributed by atoms with Crippen molar-refractivity contribution >= 4 is 17.5 Å². The van der Waals surface area contributed by atoms with Gasteiger partial charge in [-0.2, -0.15) is 0 Å². The zero-order chi connectivity index (χ0) is 2.71. The topological polar surface area (TPSA) is 0 Å². The summed E-state index contributed by atoms with van der Waals surface area (Å²) in [6.07, 6.45) is 0. The standard InChI is InChI=1S/FH2P2.Na/c1-3-2;/h2-3H;/q-1;+1. The Hall–Kier alpha value is 1.79. The van der Waals surface area contributed by atoms with Crippen molar-refractivity contribution in [3.63, 3.8) is 0 Å². The summed E-state index contributed by atoms with van der Waals surface area (Å²) in [5.41, 5.74) is 0. The fraction of sp³-hybridized carbons (Fsp3) is 0. The molecule has 0 aromatic carbocycles. The minimum Gasteiger partial charge on any atom is -0.494 e. The van der Waals surface area contributed by atoms with Gasteiger partial charge in [-0.15, -0.1) is 8.58 Å². The van der Waals surface area contributed by atoms with Crippen LogP contribution in [0.2, 0.25) is 0 Å². The van der Waals surface area contributed by atoms with Gasteiger partial charge in [-0.05, 0) is 0 Å². The third kappa shape index (κ3) is 9.21. The molecule has 0 aliphatic carbocycles. The molecular formula is H2FNaP2. The molecule has 0 rings (SSSR count). The fourth-order valence-electron chi connectivity index (χ4n) is 0. The largest absolute Gasteiger partial charge is 1.00 e. The van der Waals surface area contributed by atoms with Gasteiger partial charge in [-0.25, -0.2) is 0 Å². The SMILES string of the molecule is FP[PH-].[Na+]. The average Bonchev–Trinajstić information content (AvgIpc) is 0.918. The number of rotatable bonds is 0. The Morgan fingerprint density at radius 1 is 1.75 bits per heavy atom. The molecule has 0 saturated carbocycles. The van der Waals surface area contributed by atoms with Crippen LogP contribution in [0, 0.1) is 0 Å². The van der Waals surface area contributed by atoms with E-state index in [2.05, 4.69) is 8.93 Å². The molecular weight excluding hydrogens is 104 g/mol. The van der Waals surface area contributed by atoms with Crippen molar-refractivity contribution in [1.29, 1.82) is 0 Å². The Labute approximate surface area is 51.2 Å². The summed E-state index contributed by atoms with van der Waals surface area (Å²) in [6.45, 7) is 0. The van der Waals surface area contributed by atoms with Crippen LogP contribution >= 0.6 is 17.5 Å². The Kier molecular flexibility index (Phi) is 20.4. The van der Waals surface area contributed by atoms with E-state index in [9.17, 15) is 4.20 Å². The van der Waals surface area contributed by atoms with Gasteiger partial charge in [0.05, 0.1) is 0 Å². The van der Waals surface area contributed by atoms with Crippen LogP contribution in [0.3, 0.4) is 0 Å². The van der Waals surface area contributed by atoms with Crippen LogP contribution in [0.1, 0.15) is 0 Å². The van der Waals surface area contributed by atoms with Gasteiger partial charge in [0.2, 0.25) is 0 Å². The zero-order valence-corrected chi connectivity index (χ0v) is 6.38. The molecule has 0 nitrogen and oxygen atoms in total. The van der Waals surface area contributed by atoms with Gasteiger partial charge < -0.3 is 8.93 Å². The van der Waals surface area contributed by atoms with E-state index in [-0.39, 0.29) is 29.6 Å². The summed E-state index contributed by atoms with van der Waals surface area (Å²) in [4.78, 5) is 0. The molecule has 1 unspecified atom stereocenters. The van der Waals surface area contributed by atoms with Gasteiger partial charge in [0.25, 0.3) is 0 Å². The molecule has 0 aromatic heterocycles. The summed E-state index contributed by atoms with van der Waals surface area (Å²) in [5.74, 6) is 0. The summed E-state index contributed by atoms with van der Waals surface area (Å²) < 4.78 is 10.2. The predicted octanol–water partition coefficient (Wildman–Crippen LogP) is -1.39. The van der Waals surface area contributed by atoms with Crippen molar-refractivity contribution in [2.75, 3.05) is 0 Å². The maximum Gasteiger partial charge on any atom is 1.00 e. The molecule has 0 heterocycles.